The molecule has 0 atom stereocenters. The van der Waals surface area contributed by atoms with Gasteiger partial charge in [0.15, 0.2) is 0 Å². The molecule has 0 aliphatic carbocycles. The molecule has 3 N–H and O–H groups in total. The summed E-state index contributed by atoms with van der Waals surface area (Å²) in [4.78, 5) is 4.37. The Morgan fingerprint density at radius 3 is 2.62 bits per heavy atom. The van der Waals surface area contributed by atoms with E-state index in [0.717, 1.165) is 32.5 Å². The quantitative estimate of drug-likeness (QED) is 0.554. The molecule has 5 nitrogen and oxygen atoms in total. The van der Waals surface area contributed by atoms with Crippen molar-refractivity contribution < 1.29 is 0 Å². The molecule has 106 valence electrons. The fourth-order valence-corrected chi connectivity index (χ4v) is 2.64. The maximum absolute atomic E-state index is 7.82. The summed E-state index contributed by atoms with van der Waals surface area (Å²) in [6, 6.07) is 7.78. The Hall–Kier alpha value is -2.21. The first-order chi connectivity index (χ1) is 10.0. The van der Waals surface area contributed by atoms with Gasteiger partial charge in [0.2, 0.25) is 0 Å². The molecule has 1 aromatic carbocycles. The van der Waals surface area contributed by atoms with E-state index >= 15 is 0 Å². The number of fused-ring (bicyclic) bond motifs is 1. The fraction of sp³-hybridized carbons (Fsp3) is 0.133. The fourth-order valence-electron chi connectivity index (χ4n) is 2.39. The molecule has 0 spiro atoms. The van der Waals surface area contributed by atoms with Crippen molar-refractivity contribution in [3.05, 3.63) is 51.9 Å². The van der Waals surface area contributed by atoms with Crippen LogP contribution in [0.15, 0.2) is 34.9 Å². The van der Waals surface area contributed by atoms with E-state index in [1.165, 1.54) is 0 Å². The summed E-state index contributed by atoms with van der Waals surface area (Å²) in [5, 5.41) is 13.3. The Balaban J connectivity index is 2.46. The van der Waals surface area contributed by atoms with E-state index < -0.39 is 0 Å². The lowest BCUT2D eigenvalue weighted by Crippen LogP contribution is -2.16. The van der Waals surface area contributed by atoms with Crippen LogP contribution in [-0.4, -0.2) is 20.6 Å². The highest BCUT2D eigenvalue weighted by Gasteiger charge is 2.18. The SMILES string of the molecule is Cc1nn(-c2c(C(=N)N)cnc3ccccc23)c(C)c1Br. The standard InChI is InChI=1S/C15H14BrN5/c1-8-13(16)9(2)21(20-8)14-10-5-3-4-6-12(10)19-7-11(14)15(17)18/h3-7H,1-2H3,(H3,17,18). The Morgan fingerprint density at radius 2 is 2.00 bits per heavy atom. The van der Waals surface area contributed by atoms with E-state index in [1.807, 2.05) is 42.8 Å². The maximum Gasteiger partial charge on any atom is 0.126 e. The molecule has 0 radical (unpaired) electrons. The number of benzene rings is 1. The lowest BCUT2D eigenvalue weighted by Gasteiger charge is -2.13. The number of pyridine rings is 1. The minimum Gasteiger partial charge on any atom is -0.384 e. The number of hydrogen-bond donors (Lipinski definition) is 2. The van der Waals surface area contributed by atoms with Crippen LogP contribution in [0, 0.1) is 19.3 Å². The van der Waals surface area contributed by atoms with Crippen molar-refractivity contribution in [2.75, 3.05) is 0 Å². The maximum atomic E-state index is 7.82. The molecule has 3 aromatic rings. The second-order valence-electron chi connectivity index (χ2n) is 4.85. The van der Waals surface area contributed by atoms with Crippen LogP contribution in [0.2, 0.25) is 0 Å². The average molecular weight is 344 g/mol. The van der Waals surface area contributed by atoms with Crippen molar-refractivity contribution in [1.82, 2.24) is 14.8 Å². The number of nitrogen functional groups attached to an aromatic ring is 1. The molecular weight excluding hydrogens is 330 g/mol. The summed E-state index contributed by atoms with van der Waals surface area (Å²) < 4.78 is 2.78. The van der Waals surface area contributed by atoms with Gasteiger partial charge in [0.05, 0.1) is 32.6 Å². The predicted molar refractivity (Wildman–Crippen MR) is 87.1 cm³/mol. The molecule has 0 aliphatic rings. The molecule has 0 amide bonds. The normalized spacial score (nSPS) is 11.0. The molecule has 2 heterocycles. The van der Waals surface area contributed by atoms with Gasteiger partial charge in [0.25, 0.3) is 0 Å². The first-order valence-corrected chi connectivity index (χ1v) is 7.24. The number of amidine groups is 1. The Bertz CT molecular complexity index is 866. The smallest absolute Gasteiger partial charge is 0.126 e. The van der Waals surface area contributed by atoms with Gasteiger partial charge in [-0.3, -0.25) is 10.4 Å². The number of rotatable bonds is 2. The second-order valence-corrected chi connectivity index (χ2v) is 5.64. The van der Waals surface area contributed by atoms with Crippen LogP contribution < -0.4 is 5.73 Å². The third-order valence-electron chi connectivity index (χ3n) is 3.45. The molecule has 3 rings (SSSR count). The van der Waals surface area contributed by atoms with Crippen LogP contribution in [0.25, 0.3) is 16.6 Å². The molecular formula is C15H14BrN5. The number of hydrogen-bond acceptors (Lipinski definition) is 3. The molecule has 0 aliphatic heterocycles. The van der Waals surface area contributed by atoms with Gasteiger partial charge in [0.1, 0.15) is 5.84 Å². The highest BCUT2D eigenvalue weighted by atomic mass is 79.9. The molecule has 0 fully saturated rings. The molecule has 0 saturated heterocycles. The zero-order valence-electron chi connectivity index (χ0n) is 11.7. The Labute approximate surface area is 130 Å². The van der Waals surface area contributed by atoms with Crippen LogP contribution >= 0.6 is 15.9 Å². The van der Waals surface area contributed by atoms with E-state index in [0.29, 0.717) is 5.56 Å². The molecule has 6 heteroatoms. The van der Waals surface area contributed by atoms with Gasteiger partial charge in [-0.1, -0.05) is 18.2 Å². The van der Waals surface area contributed by atoms with Gasteiger partial charge >= 0.3 is 0 Å². The lowest BCUT2D eigenvalue weighted by molar-refractivity contribution is 0.836. The van der Waals surface area contributed by atoms with Crippen LogP contribution in [0.4, 0.5) is 0 Å². The molecule has 2 aromatic heterocycles. The summed E-state index contributed by atoms with van der Waals surface area (Å²) in [5.74, 6) is -0.0214. The van der Waals surface area contributed by atoms with E-state index in [4.69, 9.17) is 11.1 Å². The van der Waals surface area contributed by atoms with Crippen LogP contribution in [0.1, 0.15) is 17.0 Å². The van der Waals surface area contributed by atoms with Gasteiger partial charge in [-0.2, -0.15) is 5.10 Å². The van der Waals surface area contributed by atoms with Crippen molar-refractivity contribution in [1.29, 1.82) is 5.41 Å². The number of para-hydroxylation sites is 1. The molecule has 21 heavy (non-hydrogen) atoms. The van der Waals surface area contributed by atoms with E-state index in [1.54, 1.807) is 6.20 Å². The highest BCUT2D eigenvalue weighted by Crippen LogP contribution is 2.29. The number of aromatic nitrogens is 3. The zero-order valence-corrected chi connectivity index (χ0v) is 13.3. The topological polar surface area (TPSA) is 80.6 Å². The van der Waals surface area contributed by atoms with Crippen LogP contribution in [0.3, 0.4) is 0 Å². The summed E-state index contributed by atoms with van der Waals surface area (Å²) in [7, 11) is 0. The number of nitrogens with two attached hydrogens (primary N) is 1. The summed E-state index contributed by atoms with van der Waals surface area (Å²) in [6.45, 7) is 3.91. The van der Waals surface area contributed by atoms with Crippen LogP contribution in [0.5, 0.6) is 0 Å². The summed E-state index contributed by atoms with van der Waals surface area (Å²) >= 11 is 3.54. The van der Waals surface area contributed by atoms with Crippen molar-refractivity contribution in [3.63, 3.8) is 0 Å². The third-order valence-corrected chi connectivity index (χ3v) is 4.60. The third kappa shape index (κ3) is 2.12. The molecule has 0 unspecified atom stereocenters. The van der Waals surface area contributed by atoms with E-state index in [-0.39, 0.29) is 5.84 Å². The minimum atomic E-state index is -0.0214. The largest absolute Gasteiger partial charge is 0.384 e. The number of nitrogens with zero attached hydrogens (tertiary/aromatic N) is 3. The van der Waals surface area contributed by atoms with Crippen molar-refractivity contribution in [3.8, 4) is 5.69 Å². The van der Waals surface area contributed by atoms with Crippen molar-refractivity contribution in [2.24, 2.45) is 5.73 Å². The average Bonchev–Trinajstić information content (AvgIpc) is 2.73. The summed E-state index contributed by atoms with van der Waals surface area (Å²) in [5.41, 5.74) is 9.80. The minimum absolute atomic E-state index is 0.0214. The zero-order chi connectivity index (χ0) is 15.1. The highest BCUT2D eigenvalue weighted by molar-refractivity contribution is 9.10. The van der Waals surface area contributed by atoms with Crippen molar-refractivity contribution >= 4 is 32.7 Å². The molecule has 0 bridgehead atoms. The van der Waals surface area contributed by atoms with Gasteiger partial charge < -0.3 is 5.73 Å². The van der Waals surface area contributed by atoms with Crippen LogP contribution in [-0.2, 0) is 0 Å². The van der Waals surface area contributed by atoms with Gasteiger partial charge in [-0.05, 0) is 35.8 Å². The summed E-state index contributed by atoms with van der Waals surface area (Å²) in [6.07, 6.45) is 1.63. The number of halogens is 1. The monoisotopic (exact) mass is 343 g/mol. The van der Waals surface area contributed by atoms with Gasteiger partial charge in [-0.25, -0.2) is 4.68 Å². The predicted octanol–water partition coefficient (Wildman–Crippen LogP) is 3.08. The lowest BCUT2D eigenvalue weighted by atomic mass is 10.1. The molecule has 0 saturated carbocycles. The van der Waals surface area contributed by atoms with Crippen molar-refractivity contribution in [2.45, 2.75) is 13.8 Å². The first-order valence-electron chi connectivity index (χ1n) is 6.45. The van der Waals surface area contributed by atoms with E-state index in [9.17, 15) is 0 Å². The number of aryl methyl sites for hydroxylation is 1. The Morgan fingerprint density at radius 1 is 1.29 bits per heavy atom. The Kier molecular flexibility index (Phi) is 3.25. The number of nitrogens with one attached hydrogen (secondary N) is 1. The second kappa shape index (κ2) is 4.96. The first kappa shape index (κ1) is 13.8. The van der Waals surface area contributed by atoms with Gasteiger partial charge in [0, 0.05) is 11.6 Å². The van der Waals surface area contributed by atoms with E-state index in [2.05, 4.69) is 26.0 Å². The van der Waals surface area contributed by atoms with Gasteiger partial charge in [-0.15, -0.1) is 0 Å².